The highest BCUT2D eigenvalue weighted by Gasteiger charge is 2.40. The molecular formula is C26H22F2N2O4. The molecule has 2 aromatic carbocycles. The van der Waals surface area contributed by atoms with Crippen molar-refractivity contribution in [2.75, 3.05) is 0 Å². The summed E-state index contributed by atoms with van der Waals surface area (Å²) in [6, 6.07) is 14.3. The van der Waals surface area contributed by atoms with Gasteiger partial charge in [0.05, 0.1) is 11.8 Å². The Morgan fingerprint density at radius 3 is 2.62 bits per heavy atom. The van der Waals surface area contributed by atoms with Crippen molar-refractivity contribution in [2.24, 2.45) is 0 Å². The quantitative estimate of drug-likeness (QED) is 0.417. The Bertz CT molecular complexity index is 1400. The summed E-state index contributed by atoms with van der Waals surface area (Å²) in [7, 11) is 0. The number of rotatable bonds is 6. The minimum Gasteiger partial charge on any atom is -0.485 e. The number of fused-ring (bicyclic) bond motifs is 2. The molecule has 1 aliphatic carbocycles. The number of pyridine rings is 1. The van der Waals surface area contributed by atoms with Crippen molar-refractivity contribution >= 4 is 11.4 Å². The van der Waals surface area contributed by atoms with Crippen molar-refractivity contribution in [3.63, 3.8) is 0 Å². The molecule has 5 rings (SSSR count). The van der Waals surface area contributed by atoms with Crippen LogP contribution in [0.4, 0.5) is 8.78 Å². The monoisotopic (exact) mass is 464 g/mol. The Morgan fingerprint density at radius 2 is 1.82 bits per heavy atom. The summed E-state index contributed by atoms with van der Waals surface area (Å²) in [5, 5.41) is 20.9. The van der Waals surface area contributed by atoms with Crippen LogP contribution in [-0.2, 0) is 6.61 Å². The van der Waals surface area contributed by atoms with Gasteiger partial charge in [0.25, 0.3) is 0 Å². The Balaban J connectivity index is 1.43. The Hall–Kier alpha value is -3.62. The van der Waals surface area contributed by atoms with Gasteiger partial charge in [0, 0.05) is 24.1 Å². The predicted octanol–water partition coefficient (Wildman–Crippen LogP) is 4.26. The number of ether oxygens (including phenoxy) is 1. The number of halogens is 2. The van der Waals surface area contributed by atoms with Crippen molar-refractivity contribution in [3.8, 4) is 5.75 Å². The number of aliphatic hydroxyl groups excluding tert-OH is 2. The first kappa shape index (κ1) is 22.2. The van der Waals surface area contributed by atoms with Crippen molar-refractivity contribution in [3.05, 3.63) is 101 Å². The average molecular weight is 464 g/mol. The second-order valence-corrected chi connectivity index (χ2v) is 8.41. The molecule has 174 valence electrons. The number of Topliss-reactive ketones (excluding diaryl/α,β-unsaturated/α-hetero) is 1. The van der Waals surface area contributed by atoms with Gasteiger partial charge in [-0.2, -0.15) is 0 Å². The average Bonchev–Trinajstić information content (AvgIpc) is 3.29. The molecule has 0 amide bonds. The van der Waals surface area contributed by atoms with Crippen molar-refractivity contribution < 1.29 is 28.5 Å². The highest BCUT2D eigenvalue weighted by atomic mass is 19.2. The van der Waals surface area contributed by atoms with E-state index in [2.05, 4.69) is 4.98 Å². The number of hydrogen-bond donors (Lipinski definition) is 2. The Labute approximate surface area is 194 Å². The largest absolute Gasteiger partial charge is 0.485 e. The highest BCUT2D eigenvalue weighted by molar-refractivity contribution is 5.97. The molecule has 0 saturated carbocycles. The minimum atomic E-state index is -1.08. The van der Waals surface area contributed by atoms with Crippen LogP contribution in [0.25, 0.3) is 5.65 Å². The summed E-state index contributed by atoms with van der Waals surface area (Å²) >= 11 is 0. The van der Waals surface area contributed by atoms with E-state index in [1.165, 1.54) is 12.1 Å². The van der Waals surface area contributed by atoms with Gasteiger partial charge >= 0.3 is 0 Å². The molecule has 0 bridgehead atoms. The molecule has 2 aromatic heterocycles. The van der Waals surface area contributed by atoms with Gasteiger partial charge in [0.1, 0.15) is 18.4 Å². The Morgan fingerprint density at radius 1 is 1.06 bits per heavy atom. The van der Waals surface area contributed by atoms with E-state index in [9.17, 15) is 23.8 Å². The third-order valence-electron chi connectivity index (χ3n) is 6.32. The van der Waals surface area contributed by atoms with Crippen LogP contribution in [0.2, 0.25) is 0 Å². The predicted molar refractivity (Wildman–Crippen MR) is 120 cm³/mol. The fraction of sp³-hybridized carbons (Fsp3) is 0.231. The van der Waals surface area contributed by atoms with Crippen molar-refractivity contribution in [2.45, 2.75) is 38.1 Å². The van der Waals surface area contributed by atoms with Crippen LogP contribution >= 0.6 is 0 Å². The van der Waals surface area contributed by atoms with E-state index >= 15 is 0 Å². The lowest BCUT2D eigenvalue weighted by Crippen LogP contribution is -2.21. The number of hydrogen-bond acceptors (Lipinski definition) is 5. The molecule has 0 unspecified atom stereocenters. The first-order valence-electron chi connectivity index (χ1n) is 10.9. The second kappa shape index (κ2) is 8.62. The van der Waals surface area contributed by atoms with Crippen LogP contribution in [0.1, 0.15) is 51.3 Å². The van der Waals surface area contributed by atoms with E-state index in [1.54, 1.807) is 41.8 Å². The summed E-state index contributed by atoms with van der Waals surface area (Å²) in [6.07, 6.45) is -0.461. The summed E-state index contributed by atoms with van der Waals surface area (Å²) in [4.78, 5) is 17.8. The van der Waals surface area contributed by atoms with Crippen molar-refractivity contribution in [1.82, 2.24) is 9.38 Å². The van der Waals surface area contributed by atoms with Gasteiger partial charge in [-0.1, -0.05) is 36.4 Å². The third-order valence-corrected chi connectivity index (χ3v) is 6.32. The lowest BCUT2D eigenvalue weighted by atomic mass is 9.92. The molecule has 2 heterocycles. The minimum absolute atomic E-state index is 0.0105. The smallest absolute Gasteiger partial charge is 0.182 e. The SMILES string of the molecule is Cc1nc2c(OCc3cccc(F)c3F)cccn2c1C(=O)C[C@@H]1c2ccccc2[C@@H](O)[C@H]1O. The van der Waals surface area contributed by atoms with E-state index in [-0.39, 0.29) is 24.4 Å². The summed E-state index contributed by atoms with van der Waals surface area (Å²) < 4.78 is 34.8. The number of aliphatic hydroxyl groups is 2. The molecule has 0 radical (unpaired) electrons. The summed E-state index contributed by atoms with van der Waals surface area (Å²) in [5.41, 5.74) is 2.62. The lowest BCUT2D eigenvalue weighted by molar-refractivity contribution is 0.0158. The van der Waals surface area contributed by atoms with E-state index in [1.807, 2.05) is 12.1 Å². The number of ketones is 1. The number of aromatic nitrogens is 2. The van der Waals surface area contributed by atoms with Crippen LogP contribution in [0, 0.1) is 18.6 Å². The fourth-order valence-corrected chi connectivity index (χ4v) is 4.65. The van der Waals surface area contributed by atoms with Gasteiger partial charge in [-0.05, 0) is 36.2 Å². The number of nitrogens with zero attached hydrogens (tertiary/aromatic N) is 2. The molecule has 2 N–H and O–H groups in total. The molecule has 0 fully saturated rings. The van der Waals surface area contributed by atoms with E-state index in [0.717, 1.165) is 11.6 Å². The van der Waals surface area contributed by atoms with Gasteiger partial charge in [-0.15, -0.1) is 0 Å². The van der Waals surface area contributed by atoms with Crippen LogP contribution in [0.15, 0.2) is 60.8 Å². The van der Waals surface area contributed by atoms with Crippen LogP contribution < -0.4 is 4.74 Å². The maximum absolute atomic E-state index is 14.0. The molecular weight excluding hydrogens is 442 g/mol. The van der Waals surface area contributed by atoms with Gasteiger partial charge in [-0.25, -0.2) is 13.8 Å². The molecule has 4 aromatic rings. The van der Waals surface area contributed by atoms with Crippen LogP contribution in [0.3, 0.4) is 0 Å². The highest BCUT2D eigenvalue weighted by Crippen LogP contribution is 2.43. The fourth-order valence-electron chi connectivity index (χ4n) is 4.65. The normalized spacial score (nSPS) is 19.4. The molecule has 0 saturated heterocycles. The standard InChI is InChI=1S/C26H22F2N2O4/c1-14-23(20(31)12-18-16-7-2-3-8-17(16)24(32)25(18)33)30-11-5-10-21(26(30)29-14)34-13-15-6-4-9-19(27)22(15)28/h2-11,18,24-25,32-33H,12-13H2,1H3/t18-,24-,25+/m1/s1. The van der Waals surface area contributed by atoms with Gasteiger partial charge in [0.15, 0.2) is 28.8 Å². The van der Waals surface area contributed by atoms with Crippen molar-refractivity contribution in [1.29, 1.82) is 0 Å². The Kier molecular flexibility index (Phi) is 5.63. The van der Waals surface area contributed by atoms with Crippen LogP contribution in [0.5, 0.6) is 5.75 Å². The topological polar surface area (TPSA) is 84.1 Å². The number of imidazole rings is 1. The molecule has 6 nitrogen and oxygen atoms in total. The van der Waals surface area contributed by atoms with Gasteiger partial charge in [-0.3, -0.25) is 9.20 Å². The molecule has 0 aliphatic heterocycles. The third kappa shape index (κ3) is 3.65. The summed E-state index contributed by atoms with van der Waals surface area (Å²) in [5.74, 6) is -2.40. The number of carbonyl (C=O) groups excluding carboxylic acids is 1. The zero-order valence-electron chi connectivity index (χ0n) is 18.3. The zero-order chi connectivity index (χ0) is 24.0. The van der Waals surface area contributed by atoms with E-state index in [0.29, 0.717) is 28.3 Å². The first-order chi connectivity index (χ1) is 16.4. The number of benzene rings is 2. The zero-order valence-corrected chi connectivity index (χ0v) is 18.3. The summed E-state index contributed by atoms with van der Waals surface area (Å²) in [6.45, 7) is 1.49. The maximum atomic E-state index is 14.0. The van der Waals surface area contributed by atoms with E-state index in [4.69, 9.17) is 4.74 Å². The maximum Gasteiger partial charge on any atom is 0.182 e. The molecule has 3 atom stereocenters. The number of aryl methyl sites for hydroxylation is 1. The molecule has 0 spiro atoms. The van der Waals surface area contributed by atoms with Gasteiger partial charge < -0.3 is 14.9 Å². The lowest BCUT2D eigenvalue weighted by Gasteiger charge is -2.16. The molecule has 8 heteroatoms. The van der Waals surface area contributed by atoms with Gasteiger partial charge in [0.2, 0.25) is 0 Å². The first-order valence-corrected chi connectivity index (χ1v) is 10.9. The second-order valence-electron chi connectivity index (χ2n) is 8.41. The number of carbonyl (C=O) groups is 1. The molecule has 34 heavy (non-hydrogen) atoms. The van der Waals surface area contributed by atoms with Crippen LogP contribution in [-0.4, -0.2) is 31.5 Å². The van der Waals surface area contributed by atoms with E-state index < -0.39 is 29.8 Å². The molecule has 1 aliphatic rings.